The fourth-order valence-electron chi connectivity index (χ4n) is 3.60. The second kappa shape index (κ2) is 5.81. The van der Waals surface area contributed by atoms with Crippen LogP contribution in [0, 0.1) is 0 Å². The maximum Gasteiger partial charge on any atom is 0.265 e. The summed E-state index contributed by atoms with van der Waals surface area (Å²) in [7, 11) is 0. The predicted octanol–water partition coefficient (Wildman–Crippen LogP) is 4.59. The number of aromatic nitrogens is 2. The molecule has 0 aliphatic rings. The topological polar surface area (TPSA) is 34.4 Å². The summed E-state index contributed by atoms with van der Waals surface area (Å²) in [6.45, 7) is 0. The van der Waals surface area contributed by atoms with Gasteiger partial charge >= 0.3 is 0 Å². The van der Waals surface area contributed by atoms with Crippen molar-refractivity contribution in [3.63, 3.8) is 0 Å². The van der Waals surface area contributed by atoms with Crippen molar-refractivity contribution in [2.24, 2.45) is 0 Å². The van der Waals surface area contributed by atoms with E-state index in [2.05, 4.69) is 18.2 Å². The lowest BCUT2D eigenvalue weighted by Crippen LogP contribution is -2.16. The summed E-state index contributed by atoms with van der Waals surface area (Å²) < 4.78 is 1.70. The van der Waals surface area contributed by atoms with E-state index < -0.39 is 0 Å². The summed E-state index contributed by atoms with van der Waals surface area (Å²) >= 11 is 0. The van der Waals surface area contributed by atoms with Crippen molar-refractivity contribution < 1.29 is 0 Å². The monoisotopic (exact) mass is 336 g/mol. The van der Waals surface area contributed by atoms with E-state index in [1.807, 2.05) is 66.9 Å². The molecule has 0 saturated heterocycles. The quantitative estimate of drug-likeness (QED) is 0.442. The van der Waals surface area contributed by atoms with Gasteiger partial charge in [0, 0.05) is 18.2 Å². The molecule has 0 radical (unpaired) electrons. The Kier molecular flexibility index (Phi) is 3.32. The van der Waals surface area contributed by atoms with Gasteiger partial charge in [0.1, 0.15) is 5.65 Å². The van der Waals surface area contributed by atoms with Gasteiger partial charge in [-0.1, -0.05) is 66.7 Å². The van der Waals surface area contributed by atoms with Crippen LogP contribution in [0.25, 0.3) is 27.3 Å². The summed E-state index contributed by atoms with van der Waals surface area (Å²) in [6, 6.07) is 26.0. The van der Waals surface area contributed by atoms with E-state index in [0.717, 1.165) is 33.9 Å². The van der Waals surface area contributed by atoms with Crippen molar-refractivity contribution in [3.8, 4) is 0 Å². The van der Waals surface area contributed by atoms with E-state index in [1.165, 1.54) is 5.56 Å². The highest BCUT2D eigenvalue weighted by atomic mass is 16.1. The molecular formula is C23H16N2O. The normalized spacial score (nSPS) is 11.4. The molecule has 0 spiro atoms. The van der Waals surface area contributed by atoms with Crippen LogP contribution < -0.4 is 5.56 Å². The van der Waals surface area contributed by atoms with Gasteiger partial charge in [-0.05, 0) is 28.5 Å². The highest BCUT2D eigenvalue weighted by Gasteiger charge is 2.13. The molecule has 2 aromatic heterocycles. The lowest BCUT2D eigenvalue weighted by molar-refractivity contribution is 1.06. The standard InChI is InChI=1S/C23H16N2O/c26-23-19-12-6-7-13-21(19)24-22-20(14-16-8-2-1-3-9-16)18-11-5-4-10-17(18)15-25(22)23/h1-13,15H,14H2. The van der Waals surface area contributed by atoms with Gasteiger partial charge in [-0.2, -0.15) is 0 Å². The Morgan fingerprint density at radius 3 is 2.31 bits per heavy atom. The van der Waals surface area contributed by atoms with Gasteiger partial charge < -0.3 is 0 Å². The summed E-state index contributed by atoms with van der Waals surface area (Å²) in [5.41, 5.74) is 3.73. The second-order valence-electron chi connectivity index (χ2n) is 6.48. The molecule has 0 amide bonds. The van der Waals surface area contributed by atoms with Crippen LogP contribution in [0.15, 0.2) is 89.9 Å². The van der Waals surface area contributed by atoms with Crippen LogP contribution >= 0.6 is 0 Å². The van der Waals surface area contributed by atoms with E-state index in [4.69, 9.17) is 4.98 Å². The van der Waals surface area contributed by atoms with Crippen LogP contribution in [0.3, 0.4) is 0 Å². The van der Waals surface area contributed by atoms with Gasteiger partial charge in [0.15, 0.2) is 0 Å². The van der Waals surface area contributed by atoms with Crippen molar-refractivity contribution in [3.05, 3.63) is 107 Å². The summed E-state index contributed by atoms with van der Waals surface area (Å²) in [5.74, 6) is 0. The van der Waals surface area contributed by atoms with E-state index >= 15 is 0 Å². The molecule has 26 heavy (non-hydrogen) atoms. The van der Waals surface area contributed by atoms with Crippen LogP contribution in [0.4, 0.5) is 0 Å². The molecule has 0 atom stereocenters. The van der Waals surface area contributed by atoms with Crippen LogP contribution in [-0.4, -0.2) is 9.38 Å². The minimum atomic E-state index is -0.0225. The number of para-hydroxylation sites is 1. The largest absolute Gasteiger partial charge is 0.268 e. The van der Waals surface area contributed by atoms with Crippen molar-refractivity contribution in [2.45, 2.75) is 6.42 Å². The summed E-state index contributed by atoms with van der Waals surface area (Å²) in [6.07, 6.45) is 2.64. The Balaban J connectivity index is 1.93. The van der Waals surface area contributed by atoms with Gasteiger partial charge in [-0.25, -0.2) is 4.98 Å². The molecule has 0 fully saturated rings. The first-order valence-electron chi connectivity index (χ1n) is 8.67. The number of nitrogens with zero attached hydrogens (tertiary/aromatic N) is 2. The van der Waals surface area contributed by atoms with Crippen LogP contribution in [0.5, 0.6) is 0 Å². The molecule has 0 N–H and O–H groups in total. The Bertz CT molecular complexity index is 1320. The number of benzene rings is 3. The minimum absolute atomic E-state index is 0.0225. The van der Waals surface area contributed by atoms with Crippen LogP contribution in [-0.2, 0) is 6.42 Å². The zero-order valence-corrected chi connectivity index (χ0v) is 14.1. The third kappa shape index (κ3) is 2.29. The molecule has 0 aliphatic carbocycles. The maximum absolute atomic E-state index is 13.1. The van der Waals surface area contributed by atoms with E-state index in [9.17, 15) is 4.79 Å². The zero-order chi connectivity index (χ0) is 17.5. The number of hydrogen-bond acceptors (Lipinski definition) is 2. The smallest absolute Gasteiger partial charge is 0.265 e. The van der Waals surface area contributed by atoms with Crippen LogP contribution in [0.2, 0.25) is 0 Å². The summed E-state index contributed by atoms with van der Waals surface area (Å²) in [5, 5.41) is 2.83. The van der Waals surface area contributed by atoms with Crippen molar-refractivity contribution in [1.82, 2.24) is 9.38 Å². The van der Waals surface area contributed by atoms with Gasteiger partial charge in [0.2, 0.25) is 0 Å². The molecule has 3 nitrogen and oxygen atoms in total. The minimum Gasteiger partial charge on any atom is -0.268 e. The first kappa shape index (κ1) is 14.8. The van der Waals surface area contributed by atoms with E-state index in [1.54, 1.807) is 4.40 Å². The molecule has 0 saturated carbocycles. The molecule has 0 aliphatic heterocycles. The van der Waals surface area contributed by atoms with Crippen LogP contribution in [0.1, 0.15) is 11.1 Å². The van der Waals surface area contributed by atoms with Gasteiger partial charge in [-0.15, -0.1) is 0 Å². The fraction of sp³-hybridized carbons (Fsp3) is 0.0435. The Hall–Kier alpha value is -3.46. The molecule has 2 heterocycles. The third-order valence-electron chi connectivity index (χ3n) is 4.86. The SMILES string of the molecule is O=c1c2ccccc2nc2c(Cc3ccccc3)c3ccccc3cn12. The molecule has 0 unspecified atom stereocenters. The van der Waals surface area contributed by atoms with Crippen molar-refractivity contribution in [2.75, 3.05) is 0 Å². The predicted molar refractivity (Wildman–Crippen MR) is 106 cm³/mol. The highest BCUT2D eigenvalue weighted by molar-refractivity contribution is 5.91. The van der Waals surface area contributed by atoms with Gasteiger partial charge in [0.05, 0.1) is 10.9 Å². The van der Waals surface area contributed by atoms with E-state index in [-0.39, 0.29) is 5.56 Å². The summed E-state index contributed by atoms with van der Waals surface area (Å²) in [4.78, 5) is 17.9. The fourth-order valence-corrected chi connectivity index (χ4v) is 3.60. The average molecular weight is 336 g/mol. The number of hydrogen-bond donors (Lipinski definition) is 0. The number of rotatable bonds is 2. The Morgan fingerprint density at radius 2 is 1.46 bits per heavy atom. The van der Waals surface area contributed by atoms with Gasteiger partial charge in [0.25, 0.3) is 5.56 Å². The van der Waals surface area contributed by atoms with Crippen molar-refractivity contribution >= 4 is 27.3 Å². The third-order valence-corrected chi connectivity index (χ3v) is 4.86. The molecule has 5 rings (SSSR count). The molecular weight excluding hydrogens is 320 g/mol. The van der Waals surface area contributed by atoms with E-state index in [0.29, 0.717) is 5.39 Å². The second-order valence-corrected chi connectivity index (χ2v) is 6.48. The first-order chi connectivity index (χ1) is 12.8. The molecule has 5 aromatic rings. The molecule has 0 bridgehead atoms. The van der Waals surface area contributed by atoms with Gasteiger partial charge in [-0.3, -0.25) is 9.20 Å². The number of pyridine rings is 1. The Morgan fingerprint density at radius 1 is 0.769 bits per heavy atom. The molecule has 3 heteroatoms. The molecule has 3 aromatic carbocycles. The lowest BCUT2D eigenvalue weighted by Gasteiger charge is -2.13. The highest BCUT2D eigenvalue weighted by Crippen LogP contribution is 2.25. The lowest BCUT2D eigenvalue weighted by atomic mass is 10.00. The first-order valence-corrected chi connectivity index (χ1v) is 8.67. The maximum atomic E-state index is 13.1. The van der Waals surface area contributed by atoms with Crippen molar-refractivity contribution in [1.29, 1.82) is 0 Å². The Labute approximate surface area is 150 Å². The number of fused-ring (bicyclic) bond motifs is 3. The molecule has 124 valence electrons. The zero-order valence-electron chi connectivity index (χ0n) is 14.1. The average Bonchev–Trinajstić information content (AvgIpc) is 2.70.